The molecule has 1 fully saturated rings. The van der Waals surface area contributed by atoms with Gasteiger partial charge >= 0.3 is 0 Å². The lowest BCUT2D eigenvalue weighted by molar-refractivity contribution is -0.141. The molecule has 0 bridgehead atoms. The van der Waals surface area contributed by atoms with Gasteiger partial charge < -0.3 is 10.2 Å². The van der Waals surface area contributed by atoms with Crippen molar-refractivity contribution in [2.24, 2.45) is 11.3 Å². The molecule has 1 atom stereocenters. The molecular formula is C26H52N2O. The minimum Gasteiger partial charge on any atom is -0.342 e. The van der Waals surface area contributed by atoms with E-state index in [1.54, 1.807) is 0 Å². The van der Waals surface area contributed by atoms with Crippen molar-refractivity contribution in [1.29, 1.82) is 0 Å². The molecule has 0 aromatic heterocycles. The van der Waals surface area contributed by atoms with Crippen molar-refractivity contribution >= 4 is 5.91 Å². The van der Waals surface area contributed by atoms with Gasteiger partial charge in [-0.3, -0.25) is 4.79 Å². The SMILES string of the molecule is CCCCCCCCCCC(CC)N(C)C(=O)C(C)(C)CCCCNCC1CC1. The number of amides is 1. The van der Waals surface area contributed by atoms with Crippen LogP contribution in [0.15, 0.2) is 0 Å². The minimum absolute atomic E-state index is 0.238. The zero-order valence-corrected chi connectivity index (χ0v) is 20.5. The highest BCUT2D eigenvalue weighted by Gasteiger charge is 2.32. The van der Waals surface area contributed by atoms with E-state index < -0.39 is 0 Å². The van der Waals surface area contributed by atoms with Gasteiger partial charge in [-0.05, 0) is 57.5 Å². The van der Waals surface area contributed by atoms with E-state index in [9.17, 15) is 4.79 Å². The van der Waals surface area contributed by atoms with E-state index in [0.717, 1.165) is 38.1 Å². The molecule has 0 aromatic rings. The number of hydrogen-bond donors (Lipinski definition) is 1. The van der Waals surface area contributed by atoms with Crippen molar-refractivity contribution in [3.8, 4) is 0 Å². The topological polar surface area (TPSA) is 32.3 Å². The Morgan fingerprint density at radius 2 is 1.59 bits per heavy atom. The van der Waals surface area contributed by atoms with Crippen molar-refractivity contribution in [3.63, 3.8) is 0 Å². The number of carbonyl (C=O) groups excluding carboxylic acids is 1. The first-order valence-corrected chi connectivity index (χ1v) is 12.9. The third-order valence-corrected chi connectivity index (χ3v) is 6.84. The predicted octanol–water partition coefficient (Wildman–Crippen LogP) is 6.95. The van der Waals surface area contributed by atoms with Crippen LogP contribution >= 0.6 is 0 Å². The molecule has 3 heteroatoms. The first-order chi connectivity index (χ1) is 13.9. The largest absolute Gasteiger partial charge is 0.342 e. The van der Waals surface area contributed by atoms with Crippen molar-refractivity contribution in [1.82, 2.24) is 10.2 Å². The zero-order chi connectivity index (χ0) is 21.5. The van der Waals surface area contributed by atoms with E-state index in [0.29, 0.717) is 11.9 Å². The average molecular weight is 409 g/mol. The second-order valence-corrected chi connectivity index (χ2v) is 10.2. The molecule has 0 radical (unpaired) electrons. The van der Waals surface area contributed by atoms with Gasteiger partial charge in [0.2, 0.25) is 5.91 Å². The van der Waals surface area contributed by atoms with E-state index in [1.165, 1.54) is 77.2 Å². The summed E-state index contributed by atoms with van der Waals surface area (Å²) in [6, 6.07) is 0.405. The van der Waals surface area contributed by atoms with Crippen LogP contribution in [0.3, 0.4) is 0 Å². The molecule has 1 N–H and O–H groups in total. The van der Waals surface area contributed by atoms with E-state index in [-0.39, 0.29) is 5.41 Å². The van der Waals surface area contributed by atoms with Crippen LogP contribution in [0.25, 0.3) is 0 Å². The van der Waals surface area contributed by atoms with E-state index in [2.05, 4.69) is 37.9 Å². The van der Waals surface area contributed by atoms with E-state index in [4.69, 9.17) is 0 Å². The van der Waals surface area contributed by atoms with Gasteiger partial charge in [0, 0.05) is 18.5 Å². The number of rotatable bonds is 19. The Labute approximate surface area is 182 Å². The Morgan fingerprint density at radius 1 is 0.966 bits per heavy atom. The number of nitrogens with zero attached hydrogens (tertiary/aromatic N) is 1. The molecule has 1 amide bonds. The van der Waals surface area contributed by atoms with Gasteiger partial charge in [0.25, 0.3) is 0 Å². The summed E-state index contributed by atoms with van der Waals surface area (Å²) in [5, 5.41) is 3.57. The highest BCUT2D eigenvalue weighted by atomic mass is 16.2. The summed E-state index contributed by atoms with van der Waals surface area (Å²) < 4.78 is 0. The normalized spacial score (nSPS) is 15.5. The van der Waals surface area contributed by atoms with Crippen molar-refractivity contribution in [2.45, 2.75) is 130 Å². The smallest absolute Gasteiger partial charge is 0.228 e. The quantitative estimate of drug-likeness (QED) is 0.234. The summed E-state index contributed by atoms with van der Waals surface area (Å²) in [7, 11) is 2.04. The molecule has 3 nitrogen and oxygen atoms in total. The van der Waals surface area contributed by atoms with Gasteiger partial charge in [-0.15, -0.1) is 0 Å². The molecule has 1 saturated carbocycles. The zero-order valence-electron chi connectivity index (χ0n) is 20.5. The first-order valence-electron chi connectivity index (χ1n) is 12.9. The molecule has 1 rings (SSSR count). The van der Waals surface area contributed by atoms with Gasteiger partial charge in [-0.25, -0.2) is 0 Å². The monoisotopic (exact) mass is 408 g/mol. The molecule has 172 valence electrons. The first kappa shape index (κ1) is 26.5. The predicted molar refractivity (Wildman–Crippen MR) is 127 cm³/mol. The molecule has 0 aliphatic heterocycles. The number of hydrogen-bond acceptors (Lipinski definition) is 2. The summed E-state index contributed by atoms with van der Waals surface area (Å²) in [6.07, 6.45) is 19.2. The molecule has 1 aliphatic carbocycles. The Kier molecular flexibility index (Phi) is 13.9. The van der Waals surface area contributed by atoms with Crippen LogP contribution in [-0.4, -0.2) is 37.0 Å². The molecule has 1 aliphatic rings. The highest BCUT2D eigenvalue weighted by molar-refractivity contribution is 5.82. The highest BCUT2D eigenvalue weighted by Crippen LogP contribution is 2.29. The molecule has 29 heavy (non-hydrogen) atoms. The second-order valence-electron chi connectivity index (χ2n) is 10.2. The van der Waals surface area contributed by atoms with Crippen LogP contribution in [0.2, 0.25) is 0 Å². The van der Waals surface area contributed by atoms with E-state index in [1.807, 2.05) is 7.05 Å². The van der Waals surface area contributed by atoms with Gasteiger partial charge in [0.1, 0.15) is 0 Å². The van der Waals surface area contributed by atoms with Crippen LogP contribution in [-0.2, 0) is 4.79 Å². The van der Waals surface area contributed by atoms with Crippen LogP contribution < -0.4 is 5.32 Å². The van der Waals surface area contributed by atoms with Gasteiger partial charge in [0.05, 0.1) is 0 Å². The lowest BCUT2D eigenvalue weighted by atomic mass is 9.85. The Morgan fingerprint density at radius 3 is 2.17 bits per heavy atom. The standard InChI is InChI=1S/C26H52N2O/c1-6-8-9-10-11-12-13-14-17-24(7-2)28(5)25(29)26(3,4)20-15-16-21-27-22-23-18-19-23/h23-24,27H,6-22H2,1-5H3. The molecule has 0 heterocycles. The lowest BCUT2D eigenvalue weighted by Gasteiger charge is -2.35. The average Bonchev–Trinajstić information content (AvgIpc) is 3.53. The van der Waals surface area contributed by atoms with Crippen molar-refractivity contribution in [3.05, 3.63) is 0 Å². The maximum absolute atomic E-state index is 13.1. The number of unbranched alkanes of at least 4 members (excludes halogenated alkanes) is 8. The molecule has 1 unspecified atom stereocenters. The summed E-state index contributed by atoms with van der Waals surface area (Å²) >= 11 is 0. The van der Waals surface area contributed by atoms with Crippen LogP contribution in [0.5, 0.6) is 0 Å². The van der Waals surface area contributed by atoms with Crippen LogP contribution in [0.1, 0.15) is 124 Å². The lowest BCUT2D eigenvalue weighted by Crippen LogP contribution is -2.44. The maximum Gasteiger partial charge on any atom is 0.228 e. The van der Waals surface area contributed by atoms with Crippen LogP contribution in [0, 0.1) is 11.3 Å². The summed E-state index contributed by atoms with van der Waals surface area (Å²) in [6.45, 7) is 11.1. The summed E-state index contributed by atoms with van der Waals surface area (Å²) in [5.74, 6) is 1.29. The molecule has 0 aromatic carbocycles. The van der Waals surface area contributed by atoms with Gasteiger partial charge in [-0.1, -0.05) is 85.5 Å². The molecule has 0 spiro atoms. The van der Waals surface area contributed by atoms with Crippen molar-refractivity contribution < 1.29 is 4.79 Å². The number of nitrogens with one attached hydrogen (secondary N) is 1. The minimum atomic E-state index is -0.238. The fourth-order valence-corrected chi connectivity index (χ4v) is 4.38. The number of carbonyl (C=O) groups is 1. The van der Waals surface area contributed by atoms with Crippen LogP contribution in [0.4, 0.5) is 0 Å². The Balaban J connectivity index is 2.19. The summed E-state index contributed by atoms with van der Waals surface area (Å²) in [5.41, 5.74) is -0.238. The molecular weight excluding hydrogens is 356 g/mol. The second kappa shape index (κ2) is 15.3. The fraction of sp³-hybridized carbons (Fsp3) is 0.962. The Hall–Kier alpha value is -0.570. The third kappa shape index (κ3) is 12.0. The summed E-state index contributed by atoms with van der Waals surface area (Å²) in [4.78, 5) is 15.2. The van der Waals surface area contributed by atoms with E-state index >= 15 is 0 Å². The van der Waals surface area contributed by atoms with Crippen molar-refractivity contribution in [2.75, 3.05) is 20.1 Å². The van der Waals surface area contributed by atoms with Gasteiger partial charge in [-0.2, -0.15) is 0 Å². The fourth-order valence-electron chi connectivity index (χ4n) is 4.38. The van der Waals surface area contributed by atoms with Gasteiger partial charge in [0.15, 0.2) is 0 Å². The maximum atomic E-state index is 13.1. The Bertz CT molecular complexity index is 417. The molecule has 0 saturated heterocycles. The third-order valence-electron chi connectivity index (χ3n) is 6.84.